The van der Waals surface area contributed by atoms with Gasteiger partial charge in [-0.25, -0.2) is 4.98 Å². The maximum absolute atomic E-state index is 6.05. The molecule has 102 valence electrons. The van der Waals surface area contributed by atoms with Crippen LogP contribution in [0.4, 0.5) is 5.82 Å². The number of hydrazone groups is 1. The maximum Gasteiger partial charge on any atom is 0.166 e. The highest BCUT2D eigenvalue weighted by molar-refractivity contribution is 6.42. The van der Waals surface area contributed by atoms with Crippen LogP contribution in [-0.2, 0) is 6.42 Å². The number of nitrogens with one attached hydrogen (secondary N) is 1. The first-order chi connectivity index (χ1) is 9.65. The monoisotopic (exact) mass is 325 g/mol. The van der Waals surface area contributed by atoms with Crippen molar-refractivity contribution >= 4 is 46.3 Å². The van der Waals surface area contributed by atoms with Crippen molar-refractivity contribution in [2.24, 2.45) is 5.10 Å². The van der Waals surface area contributed by atoms with Gasteiger partial charge in [0.15, 0.2) is 5.82 Å². The molecule has 3 rings (SSSR count). The molecule has 0 spiro atoms. The summed E-state index contributed by atoms with van der Waals surface area (Å²) in [4.78, 5) is 4.07. The Bertz CT molecular complexity index is 698. The molecule has 3 nitrogen and oxygen atoms in total. The summed E-state index contributed by atoms with van der Waals surface area (Å²) < 4.78 is 0. The van der Waals surface area contributed by atoms with Crippen LogP contribution in [0.25, 0.3) is 0 Å². The molecule has 0 aliphatic heterocycles. The molecule has 1 aromatic carbocycles. The Balaban J connectivity index is 1.87. The van der Waals surface area contributed by atoms with Gasteiger partial charge in [-0.2, -0.15) is 5.10 Å². The summed E-state index contributed by atoms with van der Waals surface area (Å²) in [7, 11) is 0. The summed E-state index contributed by atoms with van der Waals surface area (Å²) in [5, 5.41) is 5.29. The Kier molecular flexibility index (Phi) is 3.83. The number of benzene rings is 1. The lowest BCUT2D eigenvalue weighted by Crippen LogP contribution is -2.01. The average Bonchev–Trinajstić information content (AvgIpc) is 2.85. The molecule has 0 saturated heterocycles. The molecular weight excluding hydrogens is 317 g/mol. The van der Waals surface area contributed by atoms with Gasteiger partial charge in [0.1, 0.15) is 5.15 Å². The first-order valence-electron chi connectivity index (χ1n) is 6.07. The van der Waals surface area contributed by atoms with Gasteiger partial charge < -0.3 is 0 Å². The van der Waals surface area contributed by atoms with Gasteiger partial charge in [0.2, 0.25) is 0 Å². The fourth-order valence-corrected chi connectivity index (χ4v) is 2.71. The molecule has 20 heavy (non-hydrogen) atoms. The lowest BCUT2D eigenvalue weighted by atomic mass is 10.1. The second-order valence-electron chi connectivity index (χ2n) is 4.42. The topological polar surface area (TPSA) is 37.3 Å². The maximum atomic E-state index is 6.05. The molecule has 0 unspecified atom stereocenters. The van der Waals surface area contributed by atoms with Gasteiger partial charge >= 0.3 is 0 Å². The first kappa shape index (κ1) is 13.7. The predicted octanol–water partition coefficient (Wildman–Crippen LogP) is 4.80. The van der Waals surface area contributed by atoms with E-state index in [4.69, 9.17) is 34.8 Å². The highest BCUT2D eigenvalue weighted by atomic mass is 35.5. The van der Waals surface area contributed by atoms with Crippen LogP contribution < -0.4 is 5.43 Å². The number of pyridine rings is 1. The normalized spacial score (nSPS) is 15.4. The minimum atomic E-state index is 0.200. The van der Waals surface area contributed by atoms with Crippen LogP contribution in [0.1, 0.15) is 17.5 Å². The Hall–Kier alpha value is -1.29. The second kappa shape index (κ2) is 5.60. The summed E-state index contributed by atoms with van der Waals surface area (Å²) in [6.07, 6.45) is 1.89. The van der Waals surface area contributed by atoms with E-state index in [1.165, 1.54) is 5.56 Å². The van der Waals surface area contributed by atoms with Crippen LogP contribution in [0.3, 0.4) is 0 Å². The third kappa shape index (κ3) is 2.62. The summed E-state index contributed by atoms with van der Waals surface area (Å²) in [6.45, 7) is 0. The molecule has 1 aliphatic rings. The van der Waals surface area contributed by atoms with Gasteiger partial charge in [-0.1, -0.05) is 59.1 Å². The predicted molar refractivity (Wildman–Crippen MR) is 84.2 cm³/mol. The lowest BCUT2D eigenvalue weighted by molar-refractivity contribution is 1.08. The standard InChI is InChI=1S/C14H10Cl3N3/c15-10-7-11(16)14(18-13(10)17)20-19-12-6-5-8-3-1-2-4-9(8)12/h1-4,7H,5-6H2,(H,18,20)/b19-12-. The highest BCUT2D eigenvalue weighted by Crippen LogP contribution is 2.29. The number of hydrogen-bond acceptors (Lipinski definition) is 3. The smallest absolute Gasteiger partial charge is 0.166 e. The van der Waals surface area contributed by atoms with Crippen molar-refractivity contribution in [3.8, 4) is 0 Å². The zero-order valence-corrected chi connectivity index (χ0v) is 12.6. The number of rotatable bonds is 2. The summed E-state index contributed by atoms with van der Waals surface area (Å²) >= 11 is 17.8. The Morgan fingerprint density at radius 3 is 2.70 bits per heavy atom. The number of aromatic nitrogens is 1. The van der Waals surface area contributed by atoms with E-state index in [1.807, 2.05) is 12.1 Å². The van der Waals surface area contributed by atoms with Gasteiger partial charge in [-0.3, -0.25) is 5.43 Å². The molecule has 1 heterocycles. The lowest BCUT2D eigenvalue weighted by Gasteiger charge is -2.06. The first-order valence-corrected chi connectivity index (χ1v) is 7.21. The molecule has 1 N–H and O–H groups in total. The van der Waals surface area contributed by atoms with Crippen molar-refractivity contribution in [2.45, 2.75) is 12.8 Å². The third-order valence-corrected chi connectivity index (χ3v) is 4.10. The number of anilines is 1. The van der Waals surface area contributed by atoms with Crippen LogP contribution in [0, 0.1) is 0 Å². The van der Waals surface area contributed by atoms with Crippen molar-refractivity contribution in [2.75, 3.05) is 5.43 Å². The molecular formula is C14H10Cl3N3. The Labute approximate surface area is 131 Å². The van der Waals surface area contributed by atoms with E-state index in [0.717, 1.165) is 24.1 Å². The third-order valence-electron chi connectivity index (χ3n) is 3.14. The van der Waals surface area contributed by atoms with E-state index in [2.05, 4.69) is 27.6 Å². The van der Waals surface area contributed by atoms with Crippen LogP contribution >= 0.6 is 34.8 Å². The number of hydrogen-bond donors (Lipinski definition) is 1. The van der Waals surface area contributed by atoms with Gasteiger partial charge in [-0.15, -0.1) is 0 Å². The number of nitrogens with zero attached hydrogens (tertiary/aromatic N) is 2. The van der Waals surface area contributed by atoms with E-state index in [1.54, 1.807) is 6.07 Å². The van der Waals surface area contributed by atoms with Gasteiger partial charge in [-0.05, 0) is 24.5 Å². The number of aryl methyl sites for hydroxylation is 1. The summed E-state index contributed by atoms with van der Waals surface area (Å²) in [5.74, 6) is 0.401. The van der Waals surface area contributed by atoms with E-state index < -0.39 is 0 Å². The summed E-state index contributed by atoms with van der Waals surface area (Å²) in [5.41, 5.74) is 6.33. The van der Waals surface area contributed by atoms with Crippen molar-refractivity contribution in [1.82, 2.24) is 4.98 Å². The van der Waals surface area contributed by atoms with E-state index in [9.17, 15) is 0 Å². The zero-order valence-electron chi connectivity index (χ0n) is 10.3. The largest absolute Gasteiger partial charge is 0.260 e. The molecule has 0 atom stereocenters. The average molecular weight is 327 g/mol. The van der Waals surface area contributed by atoms with E-state index >= 15 is 0 Å². The molecule has 0 saturated carbocycles. The minimum absolute atomic E-state index is 0.200. The fourth-order valence-electron chi connectivity index (χ4n) is 2.17. The molecule has 6 heteroatoms. The summed E-state index contributed by atoms with van der Waals surface area (Å²) in [6, 6.07) is 9.76. The van der Waals surface area contributed by atoms with Crippen LogP contribution in [-0.4, -0.2) is 10.7 Å². The van der Waals surface area contributed by atoms with Crippen molar-refractivity contribution in [1.29, 1.82) is 0 Å². The van der Waals surface area contributed by atoms with Crippen LogP contribution in [0.15, 0.2) is 35.4 Å². The van der Waals surface area contributed by atoms with Crippen molar-refractivity contribution in [3.63, 3.8) is 0 Å². The molecule has 0 radical (unpaired) electrons. The van der Waals surface area contributed by atoms with Crippen molar-refractivity contribution in [3.05, 3.63) is 56.7 Å². The Morgan fingerprint density at radius 2 is 1.85 bits per heavy atom. The molecule has 2 aromatic rings. The van der Waals surface area contributed by atoms with Crippen LogP contribution in [0.2, 0.25) is 15.2 Å². The zero-order chi connectivity index (χ0) is 14.1. The van der Waals surface area contributed by atoms with Gasteiger partial charge in [0, 0.05) is 5.56 Å². The molecule has 0 bridgehead atoms. The SMILES string of the molecule is Clc1cc(Cl)c(N/N=C2/CCc3ccccc32)nc1Cl. The quantitative estimate of drug-likeness (QED) is 0.635. The fraction of sp³-hybridized carbons (Fsp3) is 0.143. The molecule has 0 fully saturated rings. The van der Waals surface area contributed by atoms with E-state index in [0.29, 0.717) is 15.9 Å². The minimum Gasteiger partial charge on any atom is -0.260 e. The number of halogens is 3. The highest BCUT2D eigenvalue weighted by Gasteiger charge is 2.17. The molecule has 1 aromatic heterocycles. The molecule has 1 aliphatic carbocycles. The van der Waals surface area contributed by atoms with Crippen LogP contribution in [0.5, 0.6) is 0 Å². The van der Waals surface area contributed by atoms with Gasteiger partial charge in [0.25, 0.3) is 0 Å². The number of fused-ring (bicyclic) bond motifs is 1. The second-order valence-corrected chi connectivity index (χ2v) is 5.59. The Morgan fingerprint density at radius 1 is 1.05 bits per heavy atom. The molecule has 0 amide bonds. The van der Waals surface area contributed by atoms with Crippen molar-refractivity contribution < 1.29 is 0 Å². The van der Waals surface area contributed by atoms with E-state index in [-0.39, 0.29) is 5.15 Å². The van der Waals surface area contributed by atoms with Gasteiger partial charge in [0.05, 0.1) is 15.8 Å².